The monoisotopic (exact) mass is 518 g/mol. The third kappa shape index (κ3) is 13.4. The van der Waals surface area contributed by atoms with Crippen molar-refractivity contribution in [1.82, 2.24) is 16.0 Å². The van der Waals surface area contributed by atoms with E-state index in [0.29, 0.717) is 25.8 Å². The molecule has 0 aromatic rings. The number of unbranched alkanes of at least 4 members (excludes halogenated alkanes) is 1. The second kappa shape index (κ2) is 17.0. The molecule has 0 heterocycles. The number of aliphatic imine (C=N–C) groups is 1. The van der Waals surface area contributed by atoms with Gasteiger partial charge in [-0.3, -0.25) is 24.2 Å². The molecule has 0 aliphatic carbocycles. The number of carbonyl (C=O) groups is 5. The normalized spacial score (nSPS) is 14.9. The topological polar surface area (TPSA) is 299 Å². The minimum atomic E-state index is -1.74. The number of rotatable bonds is 18. The second-order valence-electron chi connectivity index (χ2n) is 8.13. The number of nitrogens with zero attached hydrogens (tertiary/aromatic N) is 1. The van der Waals surface area contributed by atoms with E-state index in [-0.39, 0.29) is 25.3 Å². The third-order valence-corrected chi connectivity index (χ3v) is 4.94. The van der Waals surface area contributed by atoms with Crippen molar-refractivity contribution in [3.63, 3.8) is 0 Å². The molecule has 0 saturated heterocycles. The first-order valence-electron chi connectivity index (χ1n) is 11.3. The van der Waals surface area contributed by atoms with E-state index in [9.17, 15) is 29.1 Å². The number of nitrogens with one attached hydrogen (secondary N) is 3. The van der Waals surface area contributed by atoms with E-state index in [1.165, 1.54) is 0 Å². The summed E-state index contributed by atoms with van der Waals surface area (Å²) in [6.45, 7) is 1.66. The summed E-state index contributed by atoms with van der Waals surface area (Å²) >= 11 is 0. The maximum atomic E-state index is 12.9. The zero-order valence-corrected chi connectivity index (χ0v) is 20.2. The van der Waals surface area contributed by atoms with Crippen molar-refractivity contribution in [2.24, 2.45) is 27.9 Å². The molecule has 0 radical (unpaired) electrons. The van der Waals surface area contributed by atoms with Crippen LogP contribution in [0.15, 0.2) is 4.99 Å². The fourth-order valence-electron chi connectivity index (χ4n) is 2.99. The van der Waals surface area contributed by atoms with Crippen LogP contribution in [-0.4, -0.2) is 94.3 Å². The zero-order chi connectivity index (χ0) is 27.8. The van der Waals surface area contributed by atoms with Gasteiger partial charge in [-0.1, -0.05) is 6.42 Å². The predicted molar refractivity (Wildman–Crippen MR) is 128 cm³/mol. The molecular weight excluding hydrogens is 480 g/mol. The number of guanidine groups is 1. The van der Waals surface area contributed by atoms with Gasteiger partial charge in [0.05, 0.1) is 18.6 Å². The summed E-state index contributed by atoms with van der Waals surface area (Å²) in [4.78, 5) is 64.3. The zero-order valence-electron chi connectivity index (χ0n) is 20.2. The molecule has 0 aliphatic heterocycles. The van der Waals surface area contributed by atoms with E-state index in [2.05, 4.69) is 15.6 Å². The molecule has 14 N–H and O–H groups in total. The number of carboxylic acids is 2. The lowest BCUT2D eigenvalue weighted by molar-refractivity contribution is -0.146. The second-order valence-corrected chi connectivity index (χ2v) is 8.13. The molecule has 0 fully saturated rings. The number of amides is 3. The number of nitrogens with two attached hydrogens (primary N) is 4. The van der Waals surface area contributed by atoms with Crippen LogP contribution in [0.25, 0.3) is 0 Å². The van der Waals surface area contributed by atoms with Crippen molar-refractivity contribution >= 4 is 35.6 Å². The molecule has 5 atom stereocenters. The first-order chi connectivity index (χ1) is 16.8. The number of carboxylic acid groups (broad SMARTS) is 2. The lowest BCUT2D eigenvalue weighted by Crippen LogP contribution is -2.58. The van der Waals surface area contributed by atoms with Crippen molar-refractivity contribution in [2.45, 2.75) is 75.7 Å². The molecule has 0 rings (SSSR count). The molecule has 0 aliphatic rings. The number of aliphatic carboxylic acids is 2. The van der Waals surface area contributed by atoms with Gasteiger partial charge in [-0.25, -0.2) is 4.79 Å². The maximum Gasteiger partial charge on any atom is 0.328 e. The molecule has 0 saturated carbocycles. The Hall–Kier alpha value is -3.50. The van der Waals surface area contributed by atoms with Gasteiger partial charge in [0.15, 0.2) is 12.0 Å². The Labute approximate surface area is 208 Å². The Kier molecular flexibility index (Phi) is 15.4. The highest BCUT2D eigenvalue weighted by Crippen LogP contribution is 2.05. The Morgan fingerprint density at radius 2 is 1.44 bits per heavy atom. The number of hydrogen-bond donors (Lipinski definition) is 10. The molecule has 0 aromatic carbocycles. The van der Waals surface area contributed by atoms with E-state index in [1.54, 1.807) is 0 Å². The van der Waals surface area contributed by atoms with Crippen LogP contribution in [0.3, 0.4) is 0 Å². The van der Waals surface area contributed by atoms with Crippen LogP contribution in [0.4, 0.5) is 0 Å². The van der Waals surface area contributed by atoms with E-state index in [0.717, 1.165) is 6.92 Å². The van der Waals surface area contributed by atoms with Gasteiger partial charge in [0.2, 0.25) is 17.7 Å². The smallest absolute Gasteiger partial charge is 0.328 e. The van der Waals surface area contributed by atoms with Crippen molar-refractivity contribution in [3.8, 4) is 0 Å². The van der Waals surface area contributed by atoms with Crippen molar-refractivity contribution in [3.05, 3.63) is 0 Å². The summed E-state index contributed by atoms with van der Waals surface area (Å²) in [6.07, 6.45) is -0.604. The molecule has 0 bridgehead atoms. The number of hydrogen-bond acceptors (Lipinski definition) is 9. The molecular formula is C20H38N8O8. The van der Waals surface area contributed by atoms with Gasteiger partial charge in [0.1, 0.15) is 12.1 Å². The number of aliphatic hydroxyl groups excluding tert-OH is 1. The fraction of sp³-hybridized carbons (Fsp3) is 0.700. The molecule has 0 aromatic heterocycles. The molecule has 5 unspecified atom stereocenters. The summed E-state index contributed by atoms with van der Waals surface area (Å²) < 4.78 is 0. The third-order valence-electron chi connectivity index (χ3n) is 4.94. The standard InChI is InChI=1S/C20H38N8O8/c1-10(29)15(19(35)36)28-18(34)13(9-14(30)31)27-17(33)12(6-4-8-25-20(23)24)26-16(32)11(22)5-2-3-7-21/h10-13,15,29H,2-9,21-22H2,1H3,(H,26,32)(H,27,33)(H,28,34)(H,30,31)(H,35,36)(H4,23,24,25). The van der Waals surface area contributed by atoms with E-state index >= 15 is 0 Å². The van der Waals surface area contributed by atoms with Crippen LogP contribution in [0.1, 0.15) is 45.4 Å². The Bertz CT molecular complexity index is 788. The van der Waals surface area contributed by atoms with E-state index in [1.807, 2.05) is 5.32 Å². The molecule has 16 nitrogen and oxygen atoms in total. The molecule has 0 spiro atoms. The predicted octanol–water partition coefficient (Wildman–Crippen LogP) is -4.11. The molecule has 16 heteroatoms. The Balaban J connectivity index is 5.57. The summed E-state index contributed by atoms with van der Waals surface area (Å²) in [6, 6.07) is -5.62. The highest BCUT2D eigenvalue weighted by Gasteiger charge is 2.32. The van der Waals surface area contributed by atoms with Crippen LogP contribution in [0.5, 0.6) is 0 Å². The summed E-state index contributed by atoms with van der Waals surface area (Å²) in [5.74, 6) is -5.91. The van der Waals surface area contributed by atoms with E-state index in [4.69, 9.17) is 33.1 Å². The minimum absolute atomic E-state index is 0.0106. The summed E-state index contributed by atoms with van der Waals surface area (Å²) in [5, 5.41) is 34.5. The first-order valence-corrected chi connectivity index (χ1v) is 11.3. The SMILES string of the molecule is CC(O)C(NC(=O)C(CC(=O)O)NC(=O)C(CCCN=C(N)N)NC(=O)C(N)CCCCN)C(=O)O. The van der Waals surface area contributed by atoms with Crippen LogP contribution >= 0.6 is 0 Å². The van der Waals surface area contributed by atoms with Gasteiger partial charge in [-0.05, 0) is 39.2 Å². The van der Waals surface area contributed by atoms with Crippen molar-refractivity contribution in [1.29, 1.82) is 0 Å². The maximum absolute atomic E-state index is 12.9. The number of aliphatic hydroxyl groups is 1. The fourth-order valence-corrected chi connectivity index (χ4v) is 2.99. The first kappa shape index (κ1) is 32.5. The average molecular weight is 519 g/mol. The largest absolute Gasteiger partial charge is 0.481 e. The highest BCUT2D eigenvalue weighted by atomic mass is 16.4. The van der Waals surface area contributed by atoms with Gasteiger partial charge in [0.25, 0.3) is 0 Å². The summed E-state index contributed by atoms with van der Waals surface area (Å²) in [7, 11) is 0. The number of carbonyl (C=O) groups excluding carboxylic acids is 3. The average Bonchev–Trinajstić information content (AvgIpc) is 2.77. The van der Waals surface area contributed by atoms with Gasteiger partial charge < -0.3 is 54.2 Å². The highest BCUT2D eigenvalue weighted by molar-refractivity contribution is 5.95. The van der Waals surface area contributed by atoms with Crippen LogP contribution in [0, 0.1) is 0 Å². The van der Waals surface area contributed by atoms with Crippen LogP contribution in [0.2, 0.25) is 0 Å². The van der Waals surface area contributed by atoms with Crippen LogP contribution < -0.4 is 38.9 Å². The van der Waals surface area contributed by atoms with Gasteiger partial charge >= 0.3 is 11.9 Å². The Morgan fingerprint density at radius 3 is 1.94 bits per heavy atom. The van der Waals surface area contributed by atoms with Crippen LogP contribution in [-0.2, 0) is 24.0 Å². The molecule has 36 heavy (non-hydrogen) atoms. The van der Waals surface area contributed by atoms with Gasteiger partial charge in [-0.15, -0.1) is 0 Å². The van der Waals surface area contributed by atoms with Gasteiger partial charge in [-0.2, -0.15) is 0 Å². The Morgan fingerprint density at radius 1 is 0.861 bits per heavy atom. The lowest BCUT2D eigenvalue weighted by atomic mass is 10.1. The van der Waals surface area contributed by atoms with E-state index < -0.39 is 66.4 Å². The molecule has 3 amide bonds. The molecule has 206 valence electrons. The summed E-state index contributed by atoms with van der Waals surface area (Å²) in [5.41, 5.74) is 21.8. The van der Waals surface area contributed by atoms with Crippen molar-refractivity contribution < 1.29 is 39.3 Å². The lowest BCUT2D eigenvalue weighted by Gasteiger charge is -2.25. The minimum Gasteiger partial charge on any atom is -0.481 e. The van der Waals surface area contributed by atoms with Gasteiger partial charge in [0, 0.05) is 6.54 Å². The van der Waals surface area contributed by atoms with Crippen molar-refractivity contribution in [2.75, 3.05) is 13.1 Å². The quantitative estimate of drug-likeness (QED) is 0.0470.